The van der Waals surface area contributed by atoms with Gasteiger partial charge < -0.3 is 4.74 Å². The molecule has 2 unspecified atom stereocenters. The maximum Gasteiger partial charge on any atom is 0.263 e. The van der Waals surface area contributed by atoms with E-state index in [2.05, 4.69) is 22.4 Å². The zero-order valence-corrected chi connectivity index (χ0v) is 20.9. The summed E-state index contributed by atoms with van der Waals surface area (Å²) in [5.41, 5.74) is 4.33. The van der Waals surface area contributed by atoms with Crippen LogP contribution in [0.4, 0.5) is 0 Å². The fourth-order valence-corrected chi connectivity index (χ4v) is 6.03. The number of carbonyl (C=O) groups is 1. The molecule has 2 aromatic heterocycles. The second-order valence-corrected chi connectivity index (χ2v) is 10.1. The number of rotatable bonds is 6. The fourth-order valence-electron chi connectivity index (χ4n) is 4.69. The topological polar surface area (TPSA) is 85.6 Å². The highest BCUT2D eigenvalue weighted by atomic mass is 32.1. The van der Waals surface area contributed by atoms with Crippen LogP contribution in [-0.2, 0) is 17.6 Å². The molecule has 2 atom stereocenters. The van der Waals surface area contributed by atoms with Gasteiger partial charge in [0, 0.05) is 10.4 Å². The summed E-state index contributed by atoms with van der Waals surface area (Å²) in [6, 6.07) is 11.1. The Morgan fingerprint density at radius 3 is 3.00 bits per heavy atom. The van der Waals surface area contributed by atoms with E-state index < -0.39 is 6.04 Å². The number of hydrogen-bond acceptors (Lipinski definition) is 6. The average Bonchev–Trinajstić information content (AvgIpc) is 3.23. The Hall–Kier alpha value is -3.52. The number of ether oxygens (including phenoxy) is 1. The van der Waals surface area contributed by atoms with Crippen molar-refractivity contribution in [2.24, 2.45) is 11.0 Å². The molecule has 0 saturated carbocycles. The van der Waals surface area contributed by atoms with Crippen molar-refractivity contribution in [3.05, 3.63) is 69.1 Å². The molecule has 0 saturated heterocycles. The number of aromatic nitrogens is 2. The first kappa shape index (κ1) is 23.2. The second kappa shape index (κ2) is 9.62. The van der Waals surface area contributed by atoms with Crippen LogP contribution >= 0.6 is 11.3 Å². The summed E-state index contributed by atoms with van der Waals surface area (Å²) in [6.45, 7) is 6.37. The third-order valence-corrected chi connectivity index (χ3v) is 7.80. The van der Waals surface area contributed by atoms with Crippen LogP contribution in [-0.4, -0.2) is 28.3 Å². The Balaban J connectivity index is 1.40. The van der Waals surface area contributed by atoms with Crippen LogP contribution in [0.15, 0.2) is 52.6 Å². The quantitative estimate of drug-likeness (QED) is 0.311. The molecule has 0 radical (unpaired) electrons. The van der Waals surface area contributed by atoms with E-state index in [1.165, 1.54) is 15.8 Å². The highest BCUT2D eigenvalue weighted by Crippen LogP contribution is 2.35. The Labute approximate surface area is 207 Å². The summed E-state index contributed by atoms with van der Waals surface area (Å²) in [4.78, 5) is 32.8. The third kappa shape index (κ3) is 4.34. The maximum atomic E-state index is 13.3. The van der Waals surface area contributed by atoms with Crippen molar-refractivity contribution in [2.45, 2.75) is 46.1 Å². The molecular weight excluding hydrogens is 460 g/mol. The zero-order chi connectivity index (χ0) is 24.5. The number of nitrogens with zero attached hydrogens (tertiary/aromatic N) is 3. The standard InChI is InChI=1S/C27H28N4O3S/c1-4-34-22-12-10-18-7-5-6-8-19(18)21(22)14-29-30-25(32)17(3)31-15-28-26-24(27(31)33)20-11-9-16(2)13-23(20)35-26/h5-8,10,12,14-17H,4,9,11,13H2,1-3H3,(H,30,32). The Kier molecular flexibility index (Phi) is 6.38. The van der Waals surface area contributed by atoms with Gasteiger partial charge in [-0.05, 0) is 61.4 Å². The molecule has 0 spiro atoms. The van der Waals surface area contributed by atoms with E-state index in [1.54, 1.807) is 24.5 Å². The van der Waals surface area contributed by atoms with Crippen molar-refractivity contribution in [3.8, 4) is 5.75 Å². The summed E-state index contributed by atoms with van der Waals surface area (Å²) >= 11 is 1.60. The first-order valence-corrected chi connectivity index (χ1v) is 12.8. The van der Waals surface area contributed by atoms with Crippen LogP contribution in [0, 0.1) is 5.92 Å². The van der Waals surface area contributed by atoms with Gasteiger partial charge in [-0.2, -0.15) is 5.10 Å². The van der Waals surface area contributed by atoms with Gasteiger partial charge in [-0.15, -0.1) is 11.3 Å². The molecule has 35 heavy (non-hydrogen) atoms. The average molecular weight is 489 g/mol. The van der Waals surface area contributed by atoms with Crippen molar-refractivity contribution < 1.29 is 9.53 Å². The van der Waals surface area contributed by atoms with Crippen molar-refractivity contribution in [3.63, 3.8) is 0 Å². The molecule has 5 rings (SSSR count). The minimum Gasteiger partial charge on any atom is -0.493 e. The maximum absolute atomic E-state index is 13.3. The molecule has 1 aliphatic rings. The lowest BCUT2D eigenvalue weighted by molar-refractivity contribution is -0.123. The Bertz CT molecular complexity index is 1500. The molecule has 2 aromatic carbocycles. The molecule has 0 aliphatic heterocycles. The molecule has 1 aliphatic carbocycles. The lowest BCUT2D eigenvalue weighted by atomic mass is 9.89. The van der Waals surface area contributed by atoms with E-state index in [0.29, 0.717) is 23.7 Å². The number of carbonyl (C=O) groups excluding carboxylic acids is 1. The van der Waals surface area contributed by atoms with Crippen LogP contribution in [0.2, 0.25) is 0 Å². The summed E-state index contributed by atoms with van der Waals surface area (Å²) in [5.74, 6) is 0.922. The van der Waals surface area contributed by atoms with Crippen molar-refractivity contribution in [1.29, 1.82) is 0 Å². The van der Waals surface area contributed by atoms with Gasteiger partial charge in [0.1, 0.15) is 16.6 Å². The highest BCUT2D eigenvalue weighted by Gasteiger charge is 2.25. The van der Waals surface area contributed by atoms with Gasteiger partial charge in [0.05, 0.1) is 24.5 Å². The van der Waals surface area contributed by atoms with Crippen LogP contribution in [0.1, 0.15) is 49.2 Å². The fraction of sp³-hybridized carbons (Fsp3) is 0.333. The van der Waals surface area contributed by atoms with Gasteiger partial charge in [0.25, 0.3) is 11.5 Å². The number of hydrazone groups is 1. The van der Waals surface area contributed by atoms with Crippen molar-refractivity contribution >= 4 is 44.4 Å². The molecule has 0 bridgehead atoms. The predicted octanol–water partition coefficient (Wildman–Crippen LogP) is 4.85. The molecule has 180 valence electrons. The second-order valence-electron chi connectivity index (χ2n) is 9.03. The Morgan fingerprint density at radius 2 is 2.17 bits per heavy atom. The minimum atomic E-state index is -0.756. The van der Waals surface area contributed by atoms with E-state index in [4.69, 9.17) is 4.74 Å². The van der Waals surface area contributed by atoms with Gasteiger partial charge in [-0.25, -0.2) is 10.4 Å². The van der Waals surface area contributed by atoms with E-state index in [0.717, 1.165) is 46.0 Å². The predicted molar refractivity (Wildman–Crippen MR) is 141 cm³/mol. The normalized spacial score (nSPS) is 16.5. The Morgan fingerprint density at radius 1 is 1.34 bits per heavy atom. The lowest BCUT2D eigenvalue weighted by Crippen LogP contribution is -2.34. The number of nitrogens with one attached hydrogen (secondary N) is 1. The largest absolute Gasteiger partial charge is 0.493 e. The van der Waals surface area contributed by atoms with Gasteiger partial charge in [0.2, 0.25) is 0 Å². The molecular formula is C27H28N4O3S. The first-order valence-electron chi connectivity index (χ1n) is 12.0. The lowest BCUT2D eigenvalue weighted by Gasteiger charge is -2.18. The SMILES string of the molecule is CCOc1ccc2ccccc2c1C=NNC(=O)C(C)n1cnc2sc3c(c2c1=O)CCC(C)C3. The number of benzene rings is 2. The smallest absolute Gasteiger partial charge is 0.263 e. The summed E-state index contributed by atoms with van der Waals surface area (Å²) in [7, 11) is 0. The van der Waals surface area contributed by atoms with Gasteiger partial charge in [-0.1, -0.05) is 37.3 Å². The van der Waals surface area contributed by atoms with E-state index >= 15 is 0 Å². The monoisotopic (exact) mass is 488 g/mol. The van der Waals surface area contributed by atoms with Crippen molar-refractivity contribution in [1.82, 2.24) is 15.0 Å². The van der Waals surface area contributed by atoms with Crippen LogP contribution in [0.5, 0.6) is 5.75 Å². The van der Waals surface area contributed by atoms with Crippen LogP contribution < -0.4 is 15.7 Å². The molecule has 0 fully saturated rings. The summed E-state index contributed by atoms with van der Waals surface area (Å²) in [6.07, 6.45) is 6.00. The molecule has 1 amide bonds. The van der Waals surface area contributed by atoms with E-state index in [1.807, 2.05) is 43.3 Å². The number of thiophene rings is 1. The number of hydrogen-bond donors (Lipinski definition) is 1. The molecule has 1 N–H and O–H groups in total. The number of aryl methyl sites for hydroxylation is 1. The van der Waals surface area contributed by atoms with E-state index in [-0.39, 0.29) is 11.5 Å². The summed E-state index contributed by atoms with van der Waals surface area (Å²) < 4.78 is 7.17. The summed E-state index contributed by atoms with van der Waals surface area (Å²) in [5, 5.41) is 6.90. The number of amides is 1. The van der Waals surface area contributed by atoms with Gasteiger partial charge in [-0.3, -0.25) is 14.2 Å². The van der Waals surface area contributed by atoms with Crippen molar-refractivity contribution in [2.75, 3.05) is 6.61 Å². The zero-order valence-electron chi connectivity index (χ0n) is 20.1. The first-order chi connectivity index (χ1) is 17.0. The highest BCUT2D eigenvalue weighted by molar-refractivity contribution is 7.18. The van der Waals surface area contributed by atoms with Gasteiger partial charge in [0.15, 0.2) is 0 Å². The van der Waals surface area contributed by atoms with Crippen LogP contribution in [0.25, 0.3) is 21.0 Å². The van der Waals surface area contributed by atoms with E-state index in [9.17, 15) is 9.59 Å². The van der Waals surface area contributed by atoms with Gasteiger partial charge >= 0.3 is 0 Å². The molecule has 7 nitrogen and oxygen atoms in total. The molecule has 4 aromatic rings. The molecule has 8 heteroatoms. The minimum absolute atomic E-state index is 0.165. The third-order valence-electron chi connectivity index (χ3n) is 6.64. The van der Waals surface area contributed by atoms with Crippen LogP contribution in [0.3, 0.4) is 0 Å². The molecule has 2 heterocycles. The number of fused-ring (bicyclic) bond motifs is 4.